The first-order valence-corrected chi connectivity index (χ1v) is 6.64. The van der Waals surface area contributed by atoms with Crippen molar-refractivity contribution in [2.75, 3.05) is 13.2 Å². The van der Waals surface area contributed by atoms with Gasteiger partial charge in [0.2, 0.25) is 0 Å². The molecular formula is C14H28O4. The van der Waals surface area contributed by atoms with Gasteiger partial charge in [-0.15, -0.1) is 0 Å². The third-order valence-corrected chi connectivity index (χ3v) is 3.91. The Hall–Kier alpha value is -0.770. The lowest BCUT2D eigenvalue weighted by atomic mass is 9.74. The molecule has 0 saturated carbocycles. The lowest BCUT2D eigenvalue weighted by Crippen LogP contribution is -2.47. The fourth-order valence-electron chi connectivity index (χ4n) is 1.65. The predicted octanol–water partition coefficient (Wildman–Crippen LogP) is 3.94. The van der Waals surface area contributed by atoms with E-state index in [4.69, 9.17) is 14.6 Å². The minimum absolute atomic E-state index is 0.160. The second-order valence-corrected chi connectivity index (χ2v) is 6.01. The number of carbonyl (C=O) groups is 1. The molecule has 0 heterocycles. The van der Waals surface area contributed by atoms with Crippen LogP contribution in [0.15, 0.2) is 0 Å². The van der Waals surface area contributed by atoms with Crippen LogP contribution in [0.1, 0.15) is 54.4 Å². The van der Waals surface area contributed by atoms with Crippen molar-refractivity contribution in [2.24, 2.45) is 11.3 Å². The lowest BCUT2D eigenvalue weighted by Gasteiger charge is -2.43. The Morgan fingerprint density at radius 2 is 1.83 bits per heavy atom. The summed E-state index contributed by atoms with van der Waals surface area (Å²) in [5, 5.41) is 8.62. The van der Waals surface area contributed by atoms with Crippen LogP contribution in [0, 0.1) is 11.3 Å². The third-order valence-electron chi connectivity index (χ3n) is 3.91. The minimum Gasteiger partial charge on any atom is -0.450 e. The van der Waals surface area contributed by atoms with Crippen molar-refractivity contribution in [2.45, 2.75) is 60.0 Å². The smallest absolute Gasteiger partial charge is 0.450 e. The van der Waals surface area contributed by atoms with Gasteiger partial charge in [0, 0.05) is 12.0 Å². The van der Waals surface area contributed by atoms with E-state index in [0.717, 1.165) is 12.8 Å². The first-order valence-electron chi connectivity index (χ1n) is 6.64. The highest BCUT2D eigenvalue weighted by atomic mass is 16.7. The van der Waals surface area contributed by atoms with Crippen molar-refractivity contribution in [3.05, 3.63) is 0 Å². The van der Waals surface area contributed by atoms with Gasteiger partial charge in [-0.25, -0.2) is 4.79 Å². The van der Waals surface area contributed by atoms with Crippen LogP contribution in [0.2, 0.25) is 0 Å². The molecule has 0 rings (SSSR count). The highest BCUT2D eigenvalue weighted by molar-refractivity contribution is 5.56. The number of hydrogen-bond acceptors (Lipinski definition) is 3. The SMILES string of the molecule is CCC(C)(COC(=O)O)C(C)(C)OCCC(C)C. The van der Waals surface area contributed by atoms with Gasteiger partial charge < -0.3 is 14.6 Å². The third kappa shape index (κ3) is 5.25. The zero-order chi connectivity index (χ0) is 14.4. The molecule has 18 heavy (non-hydrogen) atoms. The Bertz CT molecular complexity index is 261. The summed E-state index contributed by atoms with van der Waals surface area (Å²) in [5.74, 6) is 0.601. The predicted molar refractivity (Wildman–Crippen MR) is 71.9 cm³/mol. The van der Waals surface area contributed by atoms with Crippen LogP contribution in [0.25, 0.3) is 0 Å². The van der Waals surface area contributed by atoms with E-state index in [-0.39, 0.29) is 12.0 Å². The maximum absolute atomic E-state index is 10.5. The van der Waals surface area contributed by atoms with Crippen molar-refractivity contribution >= 4 is 6.16 Å². The number of carboxylic acid groups (broad SMARTS) is 1. The molecular weight excluding hydrogens is 232 g/mol. The molecule has 1 N–H and O–H groups in total. The topological polar surface area (TPSA) is 55.8 Å². The Labute approximate surface area is 111 Å². The Morgan fingerprint density at radius 1 is 1.28 bits per heavy atom. The standard InChI is InChI=1S/C14H28O4/c1-7-14(6,10-17-12(15)16)13(4,5)18-9-8-11(2)3/h11H,7-10H2,1-6H3,(H,15,16). The summed E-state index contributed by atoms with van der Waals surface area (Å²) in [6.07, 6.45) is 0.575. The number of ether oxygens (including phenoxy) is 2. The largest absolute Gasteiger partial charge is 0.505 e. The van der Waals surface area contributed by atoms with Crippen molar-refractivity contribution in [3.8, 4) is 0 Å². The molecule has 0 bridgehead atoms. The normalized spacial score (nSPS) is 15.5. The molecule has 0 aromatic carbocycles. The Morgan fingerprint density at radius 3 is 2.22 bits per heavy atom. The summed E-state index contributed by atoms with van der Waals surface area (Å²) in [5.41, 5.74) is -0.728. The highest BCUT2D eigenvalue weighted by Gasteiger charge is 2.41. The molecule has 0 radical (unpaired) electrons. The van der Waals surface area contributed by atoms with Crippen LogP contribution < -0.4 is 0 Å². The first kappa shape index (κ1) is 17.2. The number of hydrogen-bond donors (Lipinski definition) is 1. The molecule has 0 aliphatic carbocycles. The van der Waals surface area contributed by atoms with Gasteiger partial charge in [-0.05, 0) is 32.6 Å². The van der Waals surface area contributed by atoms with Crippen LogP contribution in [0.4, 0.5) is 4.79 Å². The average molecular weight is 260 g/mol. The van der Waals surface area contributed by atoms with Gasteiger partial charge in [0.25, 0.3) is 0 Å². The maximum atomic E-state index is 10.5. The summed E-state index contributed by atoms with van der Waals surface area (Å²) in [7, 11) is 0. The van der Waals surface area contributed by atoms with Crippen LogP contribution in [-0.4, -0.2) is 30.1 Å². The van der Waals surface area contributed by atoms with E-state index < -0.39 is 11.8 Å². The first-order chi connectivity index (χ1) is 8.14. The van der Waals surface area contributed by atoms with Crippen LogP contribution in [-0.2, 0) is 9.47 Å². The van der Waals surface area contributed by atoms with E-state index in [1.54, 1.807) is 0 Å². The van der Waals surface area contributed by atoms with Gasteiger partial charge in [-0.3, -0.25) is 0 Å². The lowest BCUT2D eigenvalue weighted by molar-refractivity contribution is -0.129. The van der Waals surface area contributed by atoms with E-state index in [1.165, 1.54) is 0 Å². The van der Waals surface area contributed by atoms with Gasteiger partial charge in [0.15, 0.2) is 0 Å². The summed E-state index contributed by atoms with van der Waals surface area (Å²) in [4.78, 5) is 10.5. The van der Waals surface area contributed by atoms with Gasteiger partial charge in [0.05, 0.1) is 5.60 Å². The van der Waals surface area contributed by atoms with E-state index in [1.807, 2.05) is 27.7 Å². The molecule has 108 valence electrons. The maximum Gasteiger partial charge on any atom is 0.505 e. The minimum atomic E-state index is -1.23. The van der Waals surface area contributed by atoms with E-state index in [9.17, 15) is 4.79 Å². The molecule has 0 aliphatic rings. The molecule has 0 aliphatic heterocycles. The van der Waals surface area contributed by atoms with Crippen molar-refractivity contribution in [1.29, 1.82) is 0 Å². The summed E-state index contributed by atoms with van der Waals surface area (Å²) in [6.45, 7) is 13.2. The Balaban J connectivity index is 4.52. The van der Waals surface area contributed by atoms with E-state index in [2.05, 4.69) is 13.8 Å². The average Bonchev–Trinajstić information content (AvgIpc) is 2.24. The molecule has 0 spiro atoms. The zero-order valence-corrected chi connectivity index (χ0v) is 12.6. The second-order valence-electron chi connectivity index (χ2n) is 6.01. The summed E-state index contributed by atoms with van der Waals surface area (Å²) < 4.78 is 10.7. The summed E-state index contributed by atoms with van der Waals surface area (Å²) >= 11 is 0. The van der Waals surface area contributed by atoms with E-state index >= 15 is 0 Å². The molecule has 1 unspecified atom stereocenters. The van der Waals surface area contributed by atoms with Gasteiger partial charge >= 0.3 is 6.16 Å². The van der Waals surface area contributed by atoms with Crippen molar-refractivity contribution < 1.29 is 19.4 Å². The van der Waals surface area contributed by atoms with Crippen LogP contribution in [0.5, 0.6) is 0 Å². The molecule has 0 aromatic rings. The van der Waals surface area contributed by atoms with E-state index in [0.29, 0.717) is 12.5 Å². The van der Waals surface area contributed by atoms with Gasteiger partial charge in [-0.2, -0.15) is 0 Å². The molecule has 4 heteroatoms. The highest BCUT2D eigenvalue weighted by Crippen LogP contribution is 2.38. The summed E-state index contributed by atoms with van der Waals surface area (Å²) in [6, 6.07) is 0. The molecule has 4 nitrogen and oxygen atoms in total. The van der Waals surface area contributed by atoms with Crippen LogP contribution >= 0.6 is 0 Å². The molecule has 1 atom stereocenters. The Kier molecular flexibility index (Phi) is 6.68. The van der Waals surface area contributed by atoms with Crippen molar-refractivity contribution in [1.82, 2.24) is 0 Å². The fraction of sp³-hybridized carbons (Fsp3) is 0.929. The van der Waals surface area contributed by atoms with Crippen LogP contribution in [0.3, 0.4) is 0 Å². The molecule has 0 saturated heterocycles. The zero-order valence-electron chi connectivity index (χ0n) is 12.6. The quantitative estimate of drug-likeness (QED) is 0.672. The van der Waals surface area contributed by atoms with Gasteiger partial charge in [0.1, 0.15) is 6.61 Å². The van der Waals surface area contributed by atoms with Crippen molar-refractivity contribution in [3.63, 3.8) is 0 Å². The molecule has 0 fully saturated rings. The van der Waals surface area contributed by atoms with Gasteiger partial charge in [-0.1, -0.05) is 27.7 Å². The second kappa shape index (κ2) is 6.98. The molecule has 0 aromatic heterocycles. The molecule has 0 amide bonds. The monoisotopic (exact) mass is 260 g/mol. The fourth-order valence-corrected chi connectivity index (χ4v) is 1.65. The number of rotatable bonds is 8.